The van der Waals surface area contributed by atoms with Gasteiger partial charge in [0.05, 0.1) is 18.7 Å². The van der Waals surface area contributed by atoms with Crippen LogP contribution in [-0.4, -0.2) is 57.0 Å². The second-order valence-electron chi connectivity index (χ2n) is 3.64. The maximum Gasteiger partial charge on any atom is 0.223 e. The first-order valence-corrected chi connectivity index (χ1v) is 4.45. The molecule has 5 nitrogen and oxygen atoms in total. The van der Waals surface area contributed by atoms with E-state index in [1.54, 1.807) is 0 Å². The van der Waals surface area contributed by atoms with Gasteiger partial charge in [0, 0.05) is 6.42 Å². The topological polar surface area (TPSA) is 81.0 Å². The van der Waals surface area contributed by atoms with Crippen LogP contribution in [0.2, 0.25) is 0 Å². The van der Waals surface area contributed by atoms with E-state index < -0.39 is 18.2 Å². The van der Waals surface area contributed by atoms with Gasteiger partial charge in [-0.2, -0.15) is 0 Å². The molecule has 2 aliphatic rings. The molecule has 2 aliphatic heterocycles. The smallest absolute Gasteiger partial charge is 0.223 e. The van der Waals surface area contributed by atoms with E-state index in [2.05, 4.69) is 0 Å². The lowest BCUT2D eigenvalue weighted by atomic mass is 10.1. The van der Waals surface area contributed by atoms with E-state index in [4.69, 9.17) is 5.11 Å². The molecule has 0 aromatic carbocycles. The quantitative estimate of drug-likeness (QED) is 0.447. The van der Waals surface area contributed by atoms with Crippen molar-refractivity contribution in [1.29, 1.82) is 0 Å². The number of hydrogen-bond acceptors (Lipinski definition) is 4. The monoisotopic (exact) mass is 187 g/mol. The fraction of sp³-hybridized carbons (Fsp3) is 0.875. The highest BCUT2D eigenvalue weighted by atomic mass is 16.3. The third-order valence-corrected chi connectivity index (χ3v) is 2.98. The molecule has 0 spiro atoms. The lowest BCUT2D eigenvalue weighted by Crippen LogP contribution is -2.41. The summed E-state index contributed by atoms with van der Waals surface area (Å²) in [6.45, 7) is -0.291. The molecule has 0 bridgehead atoms. The predicted octanol–water partition coefficient (Wildman–Crippen LogP) is -1.93. The van der Waals surface area contributed by atoms with Crippen LogP contribution in [0.15, 0.2) is 0 Å². The SMILES string of the molecule is O=C1CC[C@@H]2[C@H](O)[C@H](O)[C@@H](CO)N12. The fourth-order valence-corrected chi connectivity index (χ4v) is 2.31. The molecule has 74 valence electrons. The van der Waals surface area contributed by atoms with Gasteiger partial charge in [0.2, 0.25) is 5.91 Å². The molecule has 0 radical (unpaired) electrons. The Kier molecular flexibility index (Phi) is 2.02. The summed E-state index contributed by atoms with van der Waals surface area (Å²) in [6.07, 6.45) is -0.916. The van der Waals surface area contributed by atoms with E-state index in [1.807, 2.05) is 0 Å². The third-order valence-electron chi connectivity index (χ3n) is 2.98. The Morgan fingerprint density at radius 2 is 2.08 bits per heavy atom. The number of aliphatic hydroxyl groups is 3. The molecule has 0 unspecified atom stereocenters. The van der Waals surface area contributed by atoms with E-state index >= 15 is 0 Å². The Balaban J connectivity index is 2.25. The largest absolute Gasteiger partial charge is 0.394 e. The summed E-state index contributed by atoms with van der Waals surface area (Å²) in [6, 6.07) is -0.908. The Morgan fingerprint density at radius 1 is 1.38 bits per heavy atom. The third kappa shape index (κ3) is 1.08. The van der Waals surface area contributed by atoms with Crippen molar-refractivity contribution in [2.75, 3.05) is 6.61 Å². The molecular formula is C8H13NO4. The van der Waals surface area contributed by atoms with Crippen LogP contribution < -0.4 is 0 Å². The molecule has 2 fully saturated rings. The van der Waals surface area contributed by atoms with Gasteiger partial charge in [-0.05, 0) is 6.42 Å². The lowest BCUT2D eigenvalue weighted by molar-refractivity contribution is -0.131. The second kappa shape index (κ2) is 2.94. The maximum atomic E-state index is 11.3. The van der Waals surface area contributed by atoms with Crippen molar-refractivity contribution in [3.8, 4) is 0 Å². The normalized spacial score (nSPS) is 44.2. The summed E-state index contributed by atoms with van der Waals surface area (Å²) >= 11 is 0. The summed E-state index contributed by atoms with van der Waals surface area (Å²) in [4.78, 5) is 12.7. The zero-order chi connectivity index (χ0) is 9.59. The molecule has 3 N–H and O–H groups in total. The maximum absolute atomic E-state index is 11.3. The first-order chi connectivity index (χ1) is 6.16. The number of hydrogen-bond donors (Lipinski definition) is 3. The van der Waals surface area contributed by atoms with Gasteiger partial charge in [0.1, 0.15) is 12.2 Å². The molecular weight excluding hydrogens is 174 g/mol. The van der Waals surface area contributed by atoms with Crippen LogP contribution in [0.3, 0.4) is 0 Å². The summed E-state index contributed by atoms with van der Waals surface area (Å²) in [5.41, 5.74) is 0. The number of carbonyl (C=O) groups excluding carboxylic acids is 1. The van der Waals surface area contributed by atoms with E-state index in [0.29, 0.717) is 12.8 Å². The van der Waals surface area contributed by atoms with Crippen LogP contribution >= 0.6 is 0 Å². The predicted molar refractivity (Wildman–Crippen MR) is 42.8 cm³/mol. The van der Waals surface area contributed by atoms with Crippen molar-refractivity contribution < 1.29 is 20.1 Å². The molecule has 0 aromatic rings. The molecule has 4 atom stereocenters. The number of fused-ring (bicyclic) bond motifs is 1. The van der Waals surface area contributed by atoms with Crippen LogP contribution in [0, 0.1) is 0 Å². The van der Waals surface area contributed by atoms with E-state index in [9.17, 15) is 15.0 Å². The zero-order valence-electron chi connectivity index (χ0n) is 7.13. The van der Waals surface area contributed by atoms with Gasteiger partial charge in [-0.1, -0.05) is 0 Å². The standard InChI is InChI=1S/C8H13NO4/c10-3-5-8(13)7(12)4-1-2-6(11)9(4)5/h4-5,7-8,10,12-13H,1-3H2/t4-,5-,7+,8-/m1/s1. The van der Waals surface area contributed by atoms with E-state index in [1.165, 1.54) is 4.90 Å². The highest BCUT2D eigenvalue weighted by Crippen LogP contribution is 2.33. The van der Waals surface area contributed by atoms with Gasteiger partial charge in [-0.25, -0.2) is 0 Å². The Labute approximate surface area is 75.6 Å². The van der Waals surface area contributed by atoms with Crippen LogP contribution in [0.25, 0.3) is 0 Å². The number of carbonyl (C=O) groups is 1. The second-order valence-corrected chi connectivity index (χ2v) is 3.64. The van der Waals surface area contributed by atoms with Crippen LogP contribution in [0.4, 0.5) is 0 Å². The molecule has 0 saturated carbocycles. The zero-order valence-corrected chi connectivity index (χ0v) is 7.13. The van der Waals surface area contributed by atoms with Gasteiger partial charge >= 0.3 is 0 Å². The van der Waals surface area contributed by atoms with Crippen molar-refractivity contribution in [3.63, 3.8) is 0 Å². The van der Waals surface area contributed by atoms with Crippen molar-refractivity contribution >= 4 is 5.91 Å². The molecule has 2 rings (SSSR count). The average Bonchev–Trinajstić information content (AvgIpc) is 2.58. The number of amides is 1. The average molecular weight is 187 g/mol. The van der Waals surface area contributed by atoms with Gasteiger partial charge < -0.3 is 20.2 Å². The van der Waals surface area contributed by atoms with E-state index in [-0.39, 0.29) is 18.6 Å². The fourth-order valence-electron chi connectivity index (χ4n) is 2.31. The Morgan fingerprint density at radius 3 is 2.69 bits per heavy atom. The van der Waals surface area contributed by atoms with Crippen LogP contribution in [-0.2, 0) is 4.79 Å². The molecule has 2 heterocycles. The summed E-state index contributed by atoms with van der Waals surface area (Å²) in [5, 5.41) is 28.0. The van der Waals surface area contributed by atoms with Crippen LogP contribution in [0.1, 0.15) is 12.8 Å². The summed E-state index contributed by atoms with van der Waals surface area (Å²) < 4.78 is 0. The minimum Gasteiger partial charge on any atom is -0.394 e. The van der Waals surface area contributed by atoms with Gasteiger partial charge in [0.15, 0.2) is 0 Å². The minimum atomic E-state index is -1.00. The molecule has 5 heteroatoms. The number of nitrogens with zero attached hydrogens (tertiary/aromatic N) is 1. The van der Waals surface area contributed by atoms with Crippen molar-refractivity contribution in [2.24, 2.45) is 0 Å². The lowest BCUT2D eigenvalue weighted by Gasteiger charge is -2.22. The summed E-state index contributed by atoms with van der Waals surface area (Å²) in [7, 11) is 0. The molecule has 2 saturated heterocycles. The highest BCUT2D eigenvalue weighted by molar-refractivity contribution is 5.80. The number of rotatable bonds is 1. The first kappa shape index (κ1) is 8.93. The number of aliphatic hydroxyl groups excluding tert-OH is 3. The van der Waals surface area contributed by atoms with Crippen molar-refractivity contribution in [2.45, 2.75) is 37.1 Å². The minimum absolute atomic E-state index is 0.0837. The van der Waals surface area contributed by atoms with E-state index in [0.717, 1.165) is 0 Å². The Bertz CT molecular complexity index is 230. The van der Waals surface area contributed by atoms with Gasteiger partial charge in [-0.15, -0.1) is 0 Å². The van der Waals surface area contributed by atoms with Gasteiger partial charge in [-0.3, -0.25) is 4.79 Å². The molecule has 0 aliphatic carbocycles. The summed E-state index contributed by atoms with van der Waals surface area (Å²) in [5.74, 6) is -0.0837. The first-order valence-electron chi connectivity index (χ1n) is 4.45. The molecule has 1 amide bonds. The molecule has 13 heavy (non-hydrogen) atoms. The van der Waals surface area contributed by atoms with Crippen molar-refractivity contribution in [3.05, 3.63) is 0 Å². The van der Waals surface area contributed by atoms with Crippen molar-refractivity contribution in [1.82, 2.24) is 4.90 Å². The molecule has 0 aromatic heterocycles. The highest BCUT2D eigenvalue weighted by Gasteiger charge is 2.52. The van der Waals surface area contributed by atoms with Crippen LogP contribution in [0.5, 0.6) is 0 Å². The Hall–Kier alpha value is -0.650. The van der Waals surface area contributed by atoms with Gasteiger partial charge in [0.25, 0.3) is 0 Å².